The number of rotatable bonds is 5. The molecule has 84 valence electrons. The van der Waals surface area contributed by atoms with Gasteiger partial charge in [0.15, 0.2) is 0 Å². The van der Waals surface area contributed by atoms with E-state index in [2.05, 4.69) is 0 Å². The Labute approximate surface area is 91.3 Å². The van der Waals surface area contributed by atoms with Crippen molar-refractivity contribution in [3.63, 3.8) is 0 Å². The fraction of sp³-hybridized carbons (Fsp3) is 0.455. The number of hydrogen-bond donors (Lipinski definition) is 0. The summed E-state index contributed by atoms with van der Waals surface area (Å²) in [5.74, 6) is -0.245. The summed E-state index contributed by atoms with van der Waals surface area (Å²) in [5, 5.41) is 0.839. The van der Waals surface area contributed by atoms with E-state index in [9.17, 15) is 4.39 Å². The fourth-order valence-electron chi connectivity index (χ4n) is 1.53. The van der Waals surface area contributed by atoms with Crippen LogP contribution < -0.4 is 5.19 Å². The molecule has 1 aromatic carbocycles. The van der Waals surface area contributed by atoms with Crippen molar-refractivity contribution in [2.45, 2.75) is 20.4 Å². The molecule has 4 heteroatoms. The summed E-state index contributed by atoms with van der Waals surface area (Å²) >= 11 is 0. The van der Waals surface area contributed by atoms with Gasteiger partial charge < -0.3 is 8.85 Å². The standard InChI is InChI=1S/C11H17FO2Si/c1-4-13-15(3,14-5-2)11-8-6-7-10(12)9-11/h6-9H,4-5H2,1-3H3. The highest BCUT2D eigenvalue weighted by Crippen LogP contribution is 2.09. The van der Waals surface area contributed by atoms with Crippen molar-refractivity contribution in [1.82, 2.24) is 0 Å². The molecule has 0 aromatic heterocycles. The van der Waals surface area contributed by atoms with Gasteiger partial charge in [0.05, 0.1) is 0 Å². The maximum absolute atomic E-state index is 13.1. The lowest BCUT2D eigenvalue weighted by molar-refractivity contribution is 0.202. The van der Waals surface area contributed by atoms with Gasteiger partial charge in [0.2, 0.25) is 0 Å². The van der Waals surface area contributed by atoms with E-state index in [4.69, 9.17) is 8.85 Å². The molecule has 0 aliphatic carbocycles. The highest BCUT2D eigenvalue weighted by molar-refractivity contribution is 6.79. The smallest absolute Gasteiger partial charge is 0.369 e. The molecule has 0 spiro atoms. The van der Waals surface area contributed by atoms with Crippen LogP contribution in [0.3, 0.4) is 0 Å². The molecule has 0 amide bonds. The lowest BCUT2D eigenvalue weighted by Crippen LogP contribution is -2.51. The first kappa shape index (κ1) is 12.4. The van der Waals surface area contributed by atoms with Crippen molar-refractivity contribution in [3.05, 3.63) is 30.1 Å². The molecule has 0 radical (unpaired) electrons. The zero-order valence-electron chi connectivity index (χ0n) is 9.42. The van der Waals surface area contributed by atoms with Gasteiger partial charge in [-0.2, -0.15) is 0 Å². The molecule has 0 aliphatic heterocycles. The highest BCUT2D eigenvalue weighted by Gasteiger charge is 2.33. The Hall–Kier alpha value is -0.713. The number of halogens is 1. The van der Waals surface area contributed by atoms with Crippen molar-refractivity contribution in [3.8, 4) is 0 Å². The lowest BCUT2D eigenvalue weighted by Gasteiger charge is -2.26. The van der Waals surface area contributed by atoms with Gasteiger partial charge in [0.1, 0.15) is 5.82 Å². The Bertz CT molecular complexity index is 311. The van der Waals surface area contributed by atoms with Crippen LogP contribution in [0.4, 0.5) is 4.39 Å². The van der Waals surface area contributed by atoms with E-state index in [0.717, 1.165) is 5.19 Å². The average Bonchev–Trinajstić information content (AvgIpc) is 2.18. The van der Waals surface area contributed by atoms with Gasteiger partial charge in [-0.05, 0) is 37.7 Å². The molecule has 0 aliphatic rings. The summed E-state index contributed by atoms with van der Waals surface area (Å²) < 4.78 is 24.4. The zero-order valence-corrected chi connectivity index (χ0v) is 10.4. The van der Waals surface area contributed by atoms with Crippen LogP contribution in [0.15, 0.2) is 24.3 Å². The first-order chi connectivity index (χ1) is 7.12. The molecule has 0 saturated heterocycles. The summed E-state index contributed by atoms with van der Waals surface area (Å²) in [5.41, 5.74) is 0. The van der Waals surface area contributed by atoms with Gasteiger partial charge in [0, 0.05) is 13.2 Å². The van der Waals surface area contributed by atoms with Crippen molar-refractivity contribution >= 4 is 13.7 Å². The molecular weight excluding hydrogens is 211 g/mol. The second-order valence-corrected chi connectivity index (χ2v) is 6.37. The van der Waals surface area contributed by atoms with Crippen molar-refractivity contribution in [2.75, 3.05) is 13.2 Å². The van der Waals surface area contributed by atoms with Crippen LogP contribution in [0.25, 0.3) is 0 Å². The third kappa shape index (κ3) is 3.12. The third-order valence-electron chi connectivity index (χ3n) is 2.19. The minimum absolute atomic E-state index is 0.245. The number of hydrogen-bond acceptors (Lipinski definition) is 2. The van der Waals surface area contributed by atoms with Crippen molar-refractivity contribution in [1.29, 1.82) is 0 Å². The Morgan fingerprint density at radius 2 is 1.80 bits per heavy atom. The van der Waals surface area contributed by atoms with Crippen LogP contribution in [0.2, 0.25) is 6.55 Å². The molecule has 0 bridgehead atoms. The zero-order chi connectivity index (χ0) is 11.3. The van der Waals surface area contributed by atoms with Crippen LogP contribution in [-0.2, 0) is 8.85 Å². The number of benzene rings is 1. The van der Waals surface area contributed by atoms with Crippen LogP contribution in [0, 0.1) is 5.82 Å². The van der Waals surface area contributed by atoms with E-state index in [1.165, 1.54) is 12.1 Å². The van der Waals surface area contributed by atoms with E-state index in [0.29, 0.717) is 13.2 Å². The van der Waals surface area contributed by atoms with Crippen LogP contribution in [-0.4, -0.2) is 21.8 Å². The van der Waals surface area contributed by atoms with E-state index in [1.54, 1.807) is 6.07 Å². The van der Waals surface area contributed by atoms with E-state index in [-0.39, 0.29) is 5.82 Å². The molecular formula is C11H17FO2Si. The summed E-state index contributed by atoms with van der Waals surface area (Å²) in [6.45, 7) is 6.94. The molecule has 0 saturated carbocycles. The summed E-state index contributed by atoms with van der Waals surface area (Å²) in [6.07, 6.45) is 0. The van der Waals surface area contributed by atoms with Crippen LogP contribution in [0.5, 0.6) is 0 Å². The fourth-order valence-corrected chi connectivity index (χ4v) is 3.85. The molecule has 0 unspecified atom stereocenters. The Kier molecular flexibility index (Phi) is 4.44. The maximum atomic E-state index is 13.1. The molecule has 0 fully saturated rings. The average molecular weight is 228 g/mol. The minimum atomic E-state index is -2.40. The Balaban J connectivity index is 2.97. The summed E-state index contributed by atoms with van der Waals surface area (Å²) in [7, 11) is -2.40. The molecule has 0 atom stereocenters. The van der Waals surface area contributed by atoms with Crippen molar-refractivity contribution < 1.29 is 13.2 Å². The van der Waals surface area contributed by atoms with Gasteiger partial charge in [-0.15, -0.1) is 0 Å². The van der Waals surface area contributed by atoms with Gasteiger partial charge >= 0.3 is 8.56 Å². The molecule has 0 heterocycles. The second-order valence-electron chi connectivity index (χ2n) is 3.32. The highest BCUT2D eigenvalue weighted by atomic mass is 28.4. The molecule has 15 heavy (non-hydrogen) atoms. The van der Waals surface area contributed by atoms with Gasteiger partial charge in [-0.1, -0.05) is 12.1 Å². The monoisotopic (exact) mass is 228 g/mol. The van der Waals surface area contributed by atoms with E-state index >= 15 is 0 Å². The SMILES string of the molecule is CCO[Si](C)(OCC)c1cccc(F)c1. The summed E-state index contributed by atoms with van der Waals surface area (Å²) in [4.78, 5) is 0. The second kappa shape index (κ2) is 5.39. The topological polar surface area (TPSA) is 18.5 Å². The predicted octanol–water partition coefficient (Wildman–Crippen LogP) is 2.18. The first-order valence-electron chi connectivity index (χ1n) is 5.16. The summed E-state index contributed by atoms with van der Waals surface area (Å²) in [6, 6.07) is 6.47. The van der Waals surface area contributed by atoms with E-state index in [1.807, 2.05) is 26.5 Å². The largest absolute Gasteiger partial charge is 0.391 e. The first-order valence-corrected chi connectivity index (χ1v) is 7.48. The van der Waals surface area contributed by atoms with Crippen LogP contribution >= 0.6 is 0 Å². The molecule has 1 aromatic rings. The van der Waals surface area contributed by atoms with Crippen molar-refractivity contribution in [2.24, 2.45) is 0 Å². The Morgan fingerprint density at radius 1 is 1.20 bits per heavy atom. The predicted molar refractivity (Wildman–Crippen MR) is 60.9 cm³/mol. The normalized spacial score (nSPS) is 11.7. The van der Waals surface area contributed by atoms with Gasteiger partial charge in [0.25, 0.3) is 0 Å². The maximum Gasteiger partial charge on any atom is 0.369 e. The third-order valence-corrected chi connectivity index (χ3v) is 5.23. The minimum Gasteiger partial charge on any atom is -0.391 e. The molecule has 1 rings (SSSR count). The Morgan fingerprint density at radius 3 is 2.27 bits per heavy atom. The quantitative estimate of drug-likeness (QED) is 0.719. The lowest BCUT2D eigenvalue weighted by atomic mass is 10.3. The van der Waals surface area contributed by atoms with Gasteiger partial charge in [-0.3, -0.25) is 0 Å². The molecule has 2 nitrogen and oxygen atoms in total. The molecule has 0 N–H and O–H groups in total. The van der Waals surface area contributed by atoms with Crippen LogP contribution in [0.1, 0.15) is 13.8 Å². The van der Waals surface area contributed by atoms with Gasteiger partial charge in [-0.25, -0.2) is 4.39 Å². The van der Waals surface area contributed by atoms with E-state index < -0.39 is 8.56 Å².